The molecule has 0 aliphatic rings. The van der Waals surface area contributed by atoms with Gasteiger partial charge in [-0.25, -0.2) is 9.36 Å². The van der Waals surface area contributed by atoms with Gasteiger partial charge in [-0.15, -0.1) is 0 Å². The second-order valence-corrected chi connectivity index (χ2v) is 15.8. The van der Waals surface area contributed by atoms with E-state index in [1.807, 2.05) is 0 Å². The van der Waals surface area contributed by atoms with Crippen molar-refractivity contribution in [3.63, 3.8) is 0 Å². The van der Waals surface area contributed by atoms with E-state index in [1.54, 1.807) is 0 Å². The Morgan fingerprint density at radius 2 is 0.373 bits per heavy atom. The third-order valence-corrected chi connectivity index (χ3v) is 9.08. The van der Waals surface area contributed by atoms with Crippen LogP contribution in [0.5, 0.6) is 0 Å². The first-order chi connectivity index (χ1) is 37.0. The normalized spacial score (nSPS) is 11.8. The number of carbonyl (C=O) groups is 1. The Hall–Kier alpha value is -1.52. The number of phosphoric acid groups is 1. The third-order valence-electron chi connectivity index (χ3n) is 8.57. The van der Waals surface area contributed by atoms with Crippen LogP contribution in [0.2, 0.25) is 0 Å². The van der Waals surface area contributed by atoms with E-state index in [0.717, 1.165) is 6.08 Å². The third kappa shape index (κ3) is 70.5. The first-order valence-corrected chi connectivity index (χ1v) is 27.1. The Kier molecular flexibility index (Phi) is 63.7. The molecule has 0 saturated heterocycles. The Morgan fingerprint density at radius 3 is 0.493 bits per heavy atom. The standard InChI is InChI=1S/C47H93O27P/c1-2-47(48)73-45-43-71-41-39-69-37-35-67-33-31-65-29-27-63-25-23-61-21-19-59-17-15-57-13-11-55-9-7-53-5-3-52-4-6-54-8-10-56-12-14-58-16-18-60-20-22-62-24-26-64-28-30-66-32-34-68-36-38-70-40-42-72-44-46-74-75(49,50)51/h2H,1,3-46H2,(H2,49,50,51). The van der Waals surface area contributed by atoms with Gasteiger partial charge in [0.15, 0.2) is 0 Å². The molecule has 0 unspecified atom stereocenters. The number of hydrogen-bond donors (Lipinski definition) is 2. The molecule has 0 aliphatic carbocycles. The van der Waals surface area contributed by atoms with Crippen molar-refractivity contribution in [3.8, 4) is 0 Å². The molecule has 0 spiro atoms. The first-order valence-electron chi connectivity index (χ1n) is 25.6. The summed E-state index contributed by atoms with van der Waals surface area (Å²) in [5, 5.41) is 0. The Balaban J connectivity index is 3.09. The number of ether oxygens (including phenoxy) is 22. The summed E-state index contributed by atoms with van der Waals surface area (Å²) in [7, 11) is -4.45. The Labute approximate surface area is 444 Å². The van der Waals surface area contributed by atoms with Crippen LogP contribution in [0.15, 0.2) is 12.7 Å². The van der Waals surface area contributed by atoms with Crippen LogP contribution in [0.1, 0.15) is 0 Å². The predicted molar refractivity (Wildman–Crippen MR) is 266 cm³/mol. The molecule has 0 fully saturated rings. The number of carbonyl (C=O) groups excluding carboxylic acids is 1. The number of hydrogen-bond acceptors (Lipinski definition) is 25. The van der Waals surface area contributed by atoms with E-state index in [2.05, 4.69) is 11.1 Å². The van der Waals surface area contributed by atoms with Gasteiger partial charge in [-0.3, -0.25) is 4.52 Å². The van der Waals surface area contributed by atoms with Gasteiger partial charge < -0.3 is 114 Å². The molecule has 0 saturated carbocycles. The van der Waals surface area contributed by atoms with E-state index in [4.69, 9.17) is 114 Å². The quantitative estimate of drug-likeness (QED) is 0.0355. The maximum Gasteiger partial charge on any atom is 0.469 e. The Morgan fingerprint density at radius 1 is 0.253 bits per heavy atom. The lowest BCUT2D eigenvalue weighted by atomic mass is 10.6. The molecule has 0 amide bonds. The van der Waals surface area contributed by atoms with Crippen molar-refractivity contribution in [2.24, 2.45) is 0 Å². The molecule has 0 atom stereocenters. The van der Waals surface area contributed by atoms with Crippen molar-refractivity contribution in [1.82, 2.24) is 0 Å². The summed E-state index contributed by atoms with van der Waals surface area (Å²) in [6.07, 6.45) is 1.11. The highest BCUT2D eigenvalue weighted by Gasteiger charge is 2.12. The highest BCUT2D eigenvalue weighted by molar-refractivity contribution is 7.46. The van der Waals surface area contributed by atoms with Gasteiger partial charge in [0.2, 0.25) is 0 Å². The van der Waals surface area contributed by atoms with Crippen molar-refractivity contribution < 1.29 is 128 Å². The lowest BCUT2D eigenvalue weighted by molar-refractivity contribution is -0.139. The highest BCUT2D eigenvalue weighted by Crippen LogP contribution is 2.35. The molecule has 27 nitrogen and oxygen atoms in total. The zero-order valence-electron chi connectivity index (χ0n) is 44.4. The summed E-state index contributed by atoms with van der Waals surface area (Å²) in [5.41, 5.74) is 0. The minimum atomic E-state index is -4.45. The fourth-order valence-corrected chi connectivity index (χ4v) is 5.29. The molecule has 0 aromatic carbocycles. The van der Waals surface area contributed by atoms with Crippen LogP contribution < -0.4 is 0 Å². The maximum atomic E-state index is 10.9. The van der Waals surface area contributed by atoms with Crippen molar-refractivity contribution in [2.75, 3.05) is 291 Å². The fraction of sp³-hybridized carbons (Fsp3) is 0.936. The largest absolute Gasteiger partial charge is 0.469 e. The fourth-order valence-electron chi connectivity index (χ4n) is 4.98. The minimum absolute atomic E-state index is 0.0686. The van der Waals surface area contributed by atoms with E-state index < -0.39 is 13.8 Å². The molecule has 448 valence electrons. The van der Waals surface area contributed by atoms with Crippen LogP contribution in [0, 0.1) is 0 Å². The van der Waals surface area contributed by atoms with E-state index >= 15 is 0 Å². The first kappa shape index (κ1) is 73.5. The van der Waals surface area contributed by atoms with Crippen LogP contribution in [0.3, 0.4) is 0 Å². The molecule has 0 aromatic heterocycles. The van der Waals surface area contributed by atoms with Gasteiger partial charge in [0.25, 0.3) is 0 Å². The SMILES string of the molecule is C=CC(=O)OCCOCCOCCOCCOCCOCCOCCOCCOCCOCCOCCOCCOCCOCCOCCOCCOCCOCCOCCOCCOCCOCCOP(=O)(O)O. The zero-order valence-corrected chi connectivity index (χ0v) is 45.3. The van der Waals surface area contributed by atoms with Crippen molar-refractivity contribution in [3.05, 3.63) is 12.7 Å². The van der Waals surface area contributed by atoms with E-state index in [1.165, 1.54) is 0 Å². The van der Waals surface area contributed by atoms with Crippen LogP contribution in [-0.4, -0.2) is 306 Å². The van der Waals surface area contributed by atoms with E-state index in [0.29, 0.717) is 264 Å². The molecule has 0 aromatic rings. The minimum Gasteiger partial charge on any atom is -0.460 e. The summed E-state index contributed by atoms with van der Waals surface area (Å²) in [6.45, 7) is 21.9. The molecular weight excluding hydrogens is 1030 g/mol. The molecule has 0 radical (unpaired) electrons. The van der Waals surface area contributed by atoms with Crippen molar-refractivity contribution in [2.45, 2.75) is 0 Å². The molecule has 0 bridgehead atoms. The second-order valence-electron chi connectivity index (χ2n) is 14.6. The monoisotopic (exact) mass is 1120 g/mol. The van der Waals surface area contributed by atoms with E-state index in [9.17, 15) is 9.36 Å². The lowest BCUT2D eigenvalue weighted by Crippen LogP contribution is -2.16. The molecule has 0 rings (SSSR count). The summed E-state index contributed by atoms with van der Waals surface area (Å²) < 4.78 is 134. The molecule has 28 heteroatoms. The van der Waals surface area contributed by atoms with E-state index in [-0.39, 0.29) is 26.4 Å². The zero-order chi connectivity index (χ0) is 54.2. The second kappa shape index (κ2) is 65.0. The van der Waals surface area contributed by atoms with Gasteiger partial charge in [0, 0.05) is 6.08 Å². The van der Waals surface area contributed by atoms with Gasteiger partial charge in [-0.2, -0.15) is 0 Å². The van der Waals surface area contributed by atoms with Crippen molar-refractivity contribution >= 4 is 13.8 Å². The number of phosphoric ester groups is 1. The number of rotatable bonds is 68. The van der Waals surface area contributed by atoms with Crippen LogP contribution in [0.4, 0.5) is 0 Å². The number of esters is 1. The van der Waals surface area contributed by atoms with Gasteiger partial charge in [0.1, 0.15) is 6.61 Å². The van der Waals surface area contributed by atoms with Gasteiger partial charge in [-0.1, -0.05) is 6.58 Å². The van der Waals surface area contributed by atoms with Crippen molar-refractivity contribution in [1.29, 1.82) is 0 Å². The molecule has 75 heavy (non-hydrogen) atoms. The summed E-state index contributed by atoms with van der Waals surface area (Å²) in [4.78, 5) is 28.0. The highest BCUT2D eigenvalue weighted by atomic mass is 31.2. The van der Waals surface area contributed by atoms with Crippen LogP contribution in [0.25, 0.3) is 0 Å². The van der Waals surface area contributed by atoms with Gasteiger partial charge in [-0.05, 0) is 0 Å². The Bertz CT molecular complexity index is 1170. The topological polar surface area (TPSA) is 287 Å². The van der Waals surface area contributed by atoms with Crippen LogP contribution in [-0.2, 0) is 118 Å². The maximum absolute atomic E-state index is 10.9. The van der Waals surface area contributed by atoms with Gasteiger partial charge >= 0.3 is 13.8 Å². The molecule has 2 N–H and O–H groups in total. The molecule has 0 aliphatic heterocycles. The summed E-state index contributed by atoms with van der Waals surface area (Å²) in [5.74, 6) is -0.467. The smallest absolute Gasteiger partial charge is 0.460 e. The summed E-state index contributed by atoms with van der Waals surface area (Å²) in [6, 6.07) is 0. The molecule has 0 heterocycles. The summed E-state index contributed by atoms with van der Waals surface area (Å²) >= 11 is 0. The average Bonchev–Trinajstić information content (AvgIpc) is 3.40. The average molecular weight is 1120 g/mol. The van der Waals surface area contributed by atoms with Crippen LogP contribution >= 0.6 is 7.82 Å². The lowest BCUT2D eigenvalue weighted by Gasteiger charge is -2.09. The predicted octanol–water partition coefficient (Wildman–Crippen LogP) is 0.173. The molecular formula is C47H93O27P. The van der Waals surface area contributed by atoms with Gasteiger partial charge in [0.05, 0.1) is 284 Å².